The predicted octanol–water partition coefficient (Wildman–Crippen LogP) is 16.4. The lowest BCUT2D eigenvalue weighted by Gasteiger charge is -2.26. The second kappa shape index (κ2) is 15.5. The first-order chi connectivity index (χ1) is 30.2. The molecule has 0 saturated heterocycles. The molecule has 290 valence electrons. The maximum Gasteiger partial charge on any atom is 0.0537 e. The highest BCUT2D eigenvalue weighted by atomic mass is 15.1. The number of aromatic nitrogens is 1. The number of hydrogen-bond acceptors (Lipinski definition) is 1. The van der Waals surface area contributed by atoms with Crippen molar-refractivity contribution in [3.63, 3.8) is 0 Å². The van der Waals surface area contributed by atoms with Gasteiger partial charge in [0, 0.05) is 45.3 Å². The second-order valence-corrected chi connectivity index (χ2v) is 16.2. The highest BCUT2D eigenvalue weighted by Crippen LogP contribution is 2.41. The molecular formula is C59H44N2. The molecule has 2 nitrogen and oxygen atoms in total. The van der Waals surface area contributed by atoms with Crippen molar-refractivity contribution < 1.29 is 0 Å². The molecular weight excluding hydrogens is 737 g/mol. The zero-order valence-corrected chi connectivity index (χ0v) is 34.1. The van der Waals surface area contributed by atoms with Gasteiger partial charge in [-0.3, -0.25) is 0 Å². The molecule has 1 aliphatic rings. The molecule has 9 aromatic carbocycles. The maximum absolute atomic E-state index is 2.49. The van der Waals surface area contributed by atoms with E-state index in [1.54, 1.807) is 0 Å². The van der Waals surface area contributed by atoms with Gasteiger partial charge in [-0.2, -0.15) is 0 Å². The number of hydrogen-bond donors (Lipinski definition) is 0. The van der Waals surface area contributed by atoms with Gasteiger partial charge in [-0.1, -0.05) is 177 Å². The third-order valence-electron chi connectivity index (χ3n) is 12.4. The van der Waals surface area contributed by atoms with Crippen LogP contribution in [0.5, 0.6) is 0 Å². The smallest absolute Gasteiger partial charge is 0.0537 e. The van der Waals surface area contributed by atoms with Crippen LogP contribution in [0.25, 0.3) is 77.9 Å². The van der Waals surface area contributed by atoms with Crippen LogP contribution in [0.2, 0.25) is 0 Å². The van der Waals surface area contributed by atoms with Gasteiger partial charge in [0.15, 0.2) is 0 Å². The lowest BCUT2D eigenvalue weighted by atomic mass is 9.93. The van der Waals surface area contributed by atoms with Gasteiger partial charge in [0.25, 0.3) is 0 Å². The first-order valence-electron chi connectivity index (χ1n) is 21.3. The van der Waals surface area contributed by atoms with E-state index in [0.717, 1.165) is 23.5 Å². The Balaban J connectivity index is 0.947. The van der Waals surface area contributed by atoms with E-state index in [1.165, 1.54) is 83.1 Å². The minimum atomic E-state index is 0.442. The first-order valence-corrected chi connectivity index (χ1v) is 21.3. The van der Waals surface area contributed by atoms with Gasteiger partial charge in [0.05, 0.1) is 5.52 Å². The molecule has 0 radical (unpaired) electrons. The third-order valence-corrected chi connectivity index (χ3v) is 12.4. The van der Waals surface area contributed by atoms with E-state index >= 15 is 0 Å². The molecule has 11 rings (SSSR count). The molecule has 1 aliphatic carbocycles. The molecule has 1 atom stereocenters. The van der Waals surface area contributed by atoms with E-state index in [9.17, 15) is 0 Å². The highest BCUT2D eigenvalue weighted by Gasteiger charge is 2.23. The number of nitrogens with zero attached hydrogens (tertiary/aromatic N) is 2. The molecule has 1 heterocycles. The fourth-order valence-corrected chi connectivity index (χ4v) is 9.38. The first kappa shape index (κ1) is 36.4. The van der Waals surface area contributed by atoms with Crippen LogP contribution >= 0.6 is 0 Å². The lowest BCUT2D eigenvalue weighted by molar-refractivity contribution is 0.723. The molecule has 0 spiro atoms. The Bertz CT molecular complexity index is 3200. The molecule has 0 fully saturated rings. The van der Waals surface area contributed by atoms with E-state index in [0.29, 0.717) is 5.92 Å². The zero-order valence-electron chi connectivity index (χ0n) is 34.1. The Morgan fingerprint density at radius 2 is 0.934 bits per heavy atom. The Hall–Kier alpha value is -7.68. The van der Waals surface area contributed by atoms with Crippen LogP contribution in [0.15, 0.2) is 224 Å². The van der Waals surface area contributed by atoms with Crippen molar-refractivity contribution >= 4 is 44.8 Å². The summed E-state index contributed by atoms with van der Waals surface area (Å²) in [6, 6.07) is 79.5. The second-order valence-electron chi connectivity index (χ2n) is 16.2. The van der Waals surface area contributed by atoms with Gasteiger partial charge >= 0.3 is 0 Å². The summed E-state index contributed by atoms with van der Waals surface area (Å²) in [5.41, 5.74) is 18.2. The number of rotatable bonds is 8. The van der Waals surface area contributed by atoms with Crippen LogP contribution in [-0.2, 0) is 0 Å². The van der Waals surface area contributed by atoms with Crippen LogP contribution < -0.4 is 4.90 Å². The third kappa shape index (κ3) is 6.73. The summed E-state index contributed by atoms with van der Waals surface area (Å²) in [6.45, 7) is 2.35. The van der Waals surface area contributed by atoms with Crippen LogP contribution in [0.1, 0.15) is 30.5 Å². The normalized spacial score (nSPS) is 13.4. The van der Waals surface area contributed by atoms with E-state index in [2.05, 4.69) is 247 Å². The molecule has 1 unspecified atom stereocenters. The molecule has 2 heteroatoms. The number of allylic oxidation sites excluding steroid dienone is 1. The summed E-state index contributed by atoms with van der Waals surface area (Å²) >= 11 is 0. The van der Waals surface area contributed by atoms with Crippen LogP contribution in [0.3, 0.4) is 0 Å². The van der Waals surface area contributed by atoms with Crippen molar-refractivity contribution in [3.05, 3.63) is 236 Å². The maximum atomic E-state index is 2.49. The average molecular weight is 781 g/mol. The van der Waals surface area contributed by atoms with E-state index in [-0.39, 0.29) is 0 Å². The fraction of sp³-hybridized carbons (Fsp3) is 0.0508. The van der Waals surface area contributed by atoms with Gasteiger partial charge in [0.2, 0.25) is 0 Å². The summed E-state index contributed by atoms with van der Waals surface area (Å²) in [6.07, 6.45) is 5.69. The predicted molar refractivity (Wildman–Crippen MR) is 259 cm³/mol. The lowest BCUT2D eigenvalue weighted by Crippen LogP contribution is -2.09. The van der Waals surface area contributed by atoms with Crippen LogP contribution in [0.4, 0.5) is 17.1 Å². The van der Waals surface area contributed by atoms with Crippen LogP contribution in [0, 0.1) is 0 Å². The van der Waals surface area contributed by atoms with Crippen molar-refractivity contribution in [1.82, 2.24) is 4.57 Å². The summed E-state index contributed by atoms with van der Waals surface area (Å²) in [4.78, 5) is 2.36. The molecule has 10 aromatic rings. The fourth-order valence-electron chi connectivity index (χ4n) is 9.38. The number of benzene rings is 9. The van der Waals surface area contributed by atoms with E-state index < -0.39 is 0 Å². The molecule has 0 aliphatic heterocycles. The Labute approximate surface area is 358 Å². The Kier molecular flexibility index (Phi) is 9.24. The molecule has 61 heavy (non-hydrogen) atoms. The van der Waals surface area contributed by atoms with Crippen molar-refractivity contribution in [2.45, 2.75) is 19.3 Å². The monoisotopic (exact) mass is 780 g/mol. The Morgan fingerprint density at radius 1 is 0.426 bits per heavy atom. The summed E-state index contributed by atoms with van der Waals surface area (Å²) in [5, 5.41) is 3.84. The Morgan fingerprint density at radius 3 is 1.64 bits per heavy atom. The average Bonchev–Trinajstić information content (AvgIpc) is 3.68. The number of fused-ring (bicyclic) bond motifs is 4. The van der Waals surface area contributed by atoms with Gasteiger partial charge < -0.3 is 9.47 Å². The minimum Gasteiger partial charge on any atom is -0.313 e. The molecule has 0 bridgehead atoms. The number of para-hydroxylation sites is 1. The van der Waals surface area contributed by atoms with E-state index in [1.807, 2.05) is 0 Å². The zero-order chi connectivity index (χ0) is 40.7. The van der Waals surface area contributed by atoms with Crippen molar-refractivity contribution in [3.8, 4) is 50.2 Å². The molecule has 1 aromatic heterocycles. The summed E-state index contributed by atoms with van der Waals surface area (Å²) < 4.78 is 2.49. The number of anilines is 3. The molecule has 0 N–H and O–H groups in total. The van der Waals surface area contributed by atoms with Crippen molar-refractivity contribution in [2.24, 2.45) is 0 Å². The SMILES string of the molecule is CC1CC=Cc2c1n(-c1cccc(-c3ccc(N(c4ccc(-c5ccccc5)cc4)c4ccc(-c5cccc(-c6cccc7ccccc67)c5)cc4)cc3)c1)c1ccccc21. The van der Waals surface area contributed by atoms with Crippen molar-refractivity contribution in [2.75, 3.05) is 4.90 Å². The van der Waals surface area contributed by atoms with Crippen LogP contribution in [-0.4, -0.2) is 4.57 Å². The van der Waals surface area contributed by atoms with E-state index in [4.69, 9.17) is 0 Å². The van der Waals surface area contributed by atoms with Crippen molar-refractivity contribution in [1.29, 1.82) is 0 Å². The van der Waals surface area contributed by atoms with Gasteiger partial charge in [-0.15, -0.1) is 0 Å². The largest absolute Gasteiger partial charge is 0.313 e. The summed E-state index contributed by atoms with van der Waals surface area (Å²) in [7, 11) is 0. The topological polar surface area (TPSA) is 8.17 Å². The minimum absolute atomic E-state index is 0.442. The van der Waals surface area contributed by atoms with Gasteiger partial charge in [0.1, 0.15) is 0 Å². The standard InChI is InChI=1S/C59H44N2/c1-41-13-9-25-57-56-23-7-8-26-58(56)61(59(41)57)53-21-11-19-48(40-53)45-31-37-52(38-32-45)60(50-33-27-43(28-34-50)42-14-3-2-4-15-42)51-35-29-44(30-36-51)47-18-10-20-49(39-47)55-24-12-17-46-16-5-6-22-54(46)55/h2-12,14-41H,13H2,1H3. The molecule has 0 amide bonds. The highest BCUT2D eigenvalue weighted by molar-refractivity contribution is 5.97. The van der Waals surface area contributed by atoms with Gasteiger partial charge in [-0.05, 0) is 122 Å². The van der Waals surface area contributed by atoms with Gasteiger partial charge in [-0.25, -0.2) is 0 Å². The quantitative estimate of drug-likeness (QED) is 0.149. The summed E-state index contributed by atoms with van der Waals surface area (Å²) in [5.74, 6) is 0.442. The molecule has 0 saturated carbocycles.